The van der Waals surface area contributed by atoms with Gasteiger partial charge < -0.3 is 35.7 Å². The van der Waals surface area contributed by atoms with E-state index in [0.29, 0.717) is 0 Å². The molecule has 0 spiro atoms. The third-order valence-corrected chi connectivity index (χ3v) is 1.79. The number of carbonyl (C=O) groups is 3. The molecule has 0 aromatic heterocycles. The van der Waals surface area contributed by atoms with Crippen LogP contribution in [-0.4, -0.2) is 71.1 Å². The minimum Gasteiger partial charge on any atom is -0.479 e. The molecular weight excluding hydrogens is 232 g/mol. The molecule has 0 aromatic rings. The first-order chi connectivity index (χ1) is 6.99. The predicted octanol–water partition coefficient (Wildman–Crippen LogP) is -3.99. The molecule has 0 fully saturated rings. The van der Waals surface area contributed by atoms with Crippen LogP contribution in [0, 0.1) is 0 Å². The van der Waals surface area contributed by atoms with Crippen LogP contribution in [0.1, 0.15) is 0 Å². The van der Waals surface area contributed by atoms with Crippen LogP contribution in [-0.2, 0) is 14.4 Å². The Bertz CT molecular complexity index is 332. The zero-order valence-electron chi connectivity index (χ0n) is 7.43. The molecule has 0 heterocycles. The SMILES string of the molecule is O=C(O)C(O)C(O)(C(=O)O)C(O)(O)C(=O)O. The molecule has 10 nitrogen and oxygen atoms in total. The molecule has 0 saturated heterocycles. The molecule has 2 atom stereocenters. The monoisotopic (exact) mass is 240 g/mol. The highest BCUT2D eigenvalue weighted by molar-refractivity contribution is 5.94. The van der Waals surface area contributed by atoms with Gasteiger partial charge in [0.2, 0.25) is 0 Å². The van der Waals surface area contributed by atoms with Gasteiger partial charge in [-0.3, -0.25) is 0 Å². The van der Waals surface area contributed by atoms with Gasteiger partial charge in [0.25, 0.3) is 5.60 Å². The van der Waals surface area contributed by atoms with Crippen LogP contribution in [0.2, 0.25) is 0 Å². The third-order valence-electron chi connectivity index (χ3n) is 1.79. The summed E-state index contributed by atoms with van der Waals surface area (Å²) in [6, 6.07) is 0. The van der Waals surface area contributed by atoms with Crippen LogP contribution in [0.3, 0.4) is 0 Å². The normalized spacial score (nSPS) is 17.2. The molecule has 0 aliphatic heterocycles. The lowest BCUT2D eigenvalue weighted by atomic mass is 9.87. The largest absolute Gasteiger partial charge is 0.479 e. The molecule has 92 valence electrons. The molecule has 0 aromatic carbocycles. The van der Waals surface area contributed by atoms with Gasteiger partial charge in [-0.15, -0.1) is 0 Å². The number of carboxylic acids is 3. The molecule has 0 saturated carbocycles. The van der Waals surface area contributed by atoms with Crippen molar-refractivity contribution < 1.29 is 50.1 Å². The number of aliphatic carboxylic acids is 3. The molecule has 0 radical (unpaired) electrons. The van der Waals surface area contributed by atoms with Crippen molar-refractivity contribution in [3.8, 4) is 0 Å². The van der Waals surface area contributed by atoms with E-state index >= 15 is 0 Å². The van der Waals surface area contributed by atoms with Gasteiger partial charge in [-0.05, 0) is 0 Å². The summed E-state index contributed by atoms with van der Waals surface area (Å²) < 4.78 is 0. The number of aliphatic hydroxyl groups is 4. The smallest absolute Gasteiger partial charge is 0.368 e. The van der Waals surface area contributed by atoms with Gasteiger partial charge in [-0.25, -0.2) is 14.4 Å². The number of hydrogen-bond donors (Lipinski definition) is 7. The quantitative estimate of drug-likeness (QED) is 0.233. The van der Waals surface area contributed by atoms with E-state index in [1.165, 1.54) is 0 Å². The molecule has 0 bridgehead atoms. The Morgan fingerprint density at radius 2 is 1.25 bits per heavy atom. The van der Waals surface area contributed by atoms with Crippen molar-refractivity contribution in [1.82, 2.24) is 0 Å². The lowest BCUT2D eigenvalue weighted by molar-refractivity contribution is -0.289. The maximum Gasteiger partial charge on any atom is 0.368 e. The second-order valence-corrected chi connectivity index (χ2v) is 2.79. The topological polar surface area (TPSA) is 193 Å². The standard InChI is InChI=1S/C6H8O10/c7-1(2(8)9)5(14,3(10)11)6(15,16)4(12)13/h1,7,14-16H,(H,8,9)(H,10,11)(H,12,13). The zero-order chi connectivity index (χ0) is 13.3. The Hall–Kier alpha value is -1.75. The molecule has 10 heteroatoms. The molecule has 16 heavy (non-hydrogen) atoms. The number of hydrogen-bond acceptors (Lipinski definition) is 7. The van der Waals surface area contributed by atoms with Crippen LogP contribution in [0.4, 0.5) is 0 Å². The first-order valence-electron chi connectivity index (χ1n) is 3.54. The fourth-order valence-electron chi connectivity index (χ4n) is 0.798. The van der Waals surface area contributed by atoms with Crippen molar-refractivity contribution in [3.05, 3.63) is 0 Å². The Labute approximate surface area is 86.6 Å². The van der Waals surface area contributed by atoms with E-state index in [4.69, 9.17) is 35.7 Å². The summed E-state index contributed by atoms with van der Waals surface area (Å²) in [7, 11) is 0. The van der Waals surface area contributed by atoms with Gasteiger partial charge in [0.05, 0.1) is 0 Å². The van der Waals surface area contributed by atoms with E-state index in [1.54, 1.807) is 0 Å². The van der Waals surface area contributed by atoms with Gasteiger partial charge >= 0.3 is 23.7 Å². The summed E-state index contributed by atoms with van der Waals surface area (Å²) >= 11 is 0. The summed E-state index contributed by atoms with van der Waals surface area (Å²) in [5.74, 6) is -12.0. The fourth-order valence-corrected chi connectivity index (χ4v) is 0.798. The van der Waals surface area contributed by atoms with Crippen molar-refractivity contribution in [2.75, 3.05) is 0 Å². The molecular formula is C6H8O10. The van der Waals surface area contributed by atoms with E-state index in [2.05, 4.69) is 0 Å². The zero-order valence-corrected chi connectivity index (χ0v) is 7.43. The van der Waals surface area contributed by atoms with Crippen LogP contribution in [0.25, 0.3) is 0 Å². The average Bonchev–Trinajstić information content (AvgIpc) is 2.14. The highest BCUT2D eigenvalue weighted by Crippen LogP contribution is 2.25. The van der Waals surface area contributed by atoms with Gasteiger partial charge in [-0.2, -0.15) is 0 Å². The Kier molecular flexibility index (Phi) is 3.58. The van der Waals surface area contributed by atoms with Crippen molar-refractivity contribution in [2.45, 2.75) is 17.5 Å². The predicted molar refractivity (Wildman–Crippen MR) is 41.0 cm³/mol. The maximum absolute atomic E-state index is 10.5. The van der Waals surface area contributed by atoms with Crippen molar-refractivity contribution >= 4 is 17.9 Å². The summed E-state index contributed by atoms with van der Waals surface area (Å²) in [5, 5.41) is 60.3. The molecule has 0 aliphatic rings. The minimum absolute atomic E-state index is 2.35. The first kappa shape index (κ1) is 14.2. The van der Waals surface area contributed by atoms with Crippen molar-refractivity contribution in [1.29, 1.82) is 0 Å². The molecule has 0 aliphatic carbocycles. The summed E-state index contributed by atoms with van der Waals surface area (Å²) in [4.78, 5) is 31.0. The molecule has 0 amide bonds. The van der Waals surface area contributed by atoms with Crippen LogP contribution in [0.5, 0.6) is 0 Å². The van der Waals surface area contributed by atoms with Gasteiger partial charge in [0, 0.05) is 0 Å². The van der Waals surface area contributed by atoms with E-state index in [9.17, 15) is 14.4 Å². The van der Waals surface area contributed by atoms with Crippen molar-refractivity contribution in [2.24, 2.45) is 0 Å². The van der Waals surface area contributed by atoms with E-state index in [1.807, 2.05) is 0 Å². The number of aliphatic hydroxyl groups excluding tert-OH is 1. The molecule has 7 N–H and O–H groups in total. The van der Waals surface area contributed by atoms with Crippen molar-refractivity contribution in [3.63, 3.8) is 0 Å². The van der Waals surface area contributed by atoms with Crippen LogP contribution < -0.4 is 0 Å². The second-order valence-electron chi connectivity index (χ2n) is 2.79. The lowest BCUT2D eigenvalue weighted by Gasteiger charge is -2.33. The van der Waals surface area contributed by atoms with Crippen LogP contribution >= 0.6 is 0 Å². The van der Waals surface area contributed by atoms with E-state index < -0.39 is 35.4 Å². The fraction of sp³-hybridized carbons (Fsp3) is 0.500. The number of carboxylic acid groups (broad SMARTS) is 3. The minimum atomic E-state index is -4.38. The van der Waals surface area contributed by atoms with Crippen LogP contribution in [0.15, 0.2) is 0 Å². The molecule has 2 unspecified atom stereocenters. The summed E-state index contributed by atoms with van der Waals surface area (Å²) in [6.07, 6.45) is -3.25. The van der Waals surface area contributed by atoms with Gasteiger partial charge in [0.1, 0.15) is 0 Å². The van der Waals surface area contributed by atoms with E-state index in [-0.39, 0.29) is 0 Å². The summed E-state index contributed by atoms with van der Waals surface area (Å²) in [6.45, 7) is 0. The summed E-state index contributed by atoms with van der Waals surface area (Å²) in [5.41, 5.74) is -4.22. The van der Waals surface area contributed by atoms with Gasteiger partial charge in [0.15, 0.2) is 6.10 Å². The number of rotatable bonds is 5. The average molecular weight is 240 g/mol. The third kappa shape index (κ3) is 1.81. The van der Waals surface area contributed by atoms with Gasteiger partial charge in [-0.1, -0.05) is 0 Å². The first-order valence-corrected chi connectivity index (χ1v) is 3.54. The lowest BCUT2D eigenvalue weighted by Crippen LogP contribution is -2.71. The second kappa shape index (κ2) is 4.02. The Morgan fingerprint density at radius 3 is 1.44 bits per heavy atom. The Morgan fingerprint density at radius 1 is 0.875 bits per heavy atom. The maximum atomic E-state index is 10.5. The van der Waals surface area contributed by atoms with E-state index in [0.717, 1.165) is 0 Å². The molecule has 0 rings (SSSR count). The Balaban J connectivity index is 5.71. The highest BCUT2D eigenvalue weighted by atomic mass is 16.6. The highest BCUT2D eigenvalue weighted by Gasteiger charge is 2.67.